The van der Waals surface area contributed by atoms with Gasteiger partial charge in [-0.2, -0.15) is 5.10 Å². The zero-order chi connectivity index (χ0) is 16.0. The van der Waals surface area contributed by atoms with E-state index in [1.165, 1.54) is 0 Å². The van der Waals surface area contributed by atoms with Crippen molar-refractivity contribution in [2.75, 3.05) is 19.7 Å². The minimum atomic E-state index is 0.0190. The van der Waals surface area contributed by atoms with Crippen molar-refractivity contribution in [3.63, 3.8) is 0 Å². The number of carbonyl (C=O) groups excluding carboxylic acids is 1. The standard InChI is InChI=1S/C17H21N3O3/c1-19-7-12(6-18-19)15-9-20(8-13(15)10-21)17(22)14-4-5-23-16(14)11-2-3-11/h4-7,11,13,15,21H,2-3,8-10H2,1H3/t13-,15-/m0/s1. The third kappa shape index (κ3) is 2.57. The molecule has 2 aliphatic rings. The highest BCUT2D eigenvalue weighted by Gasteiger charge is 2.39. The maximum absolute atomic E-state index is 12.9. The highest BCUT2D eigenvalue weighted by atomic mass is 16.3. The Labute approximate surface area is 134 Å². The van der Waals surface area contributed by atoms with Crippen LogP contribution in [0, 0.1) is 5.92 Å². The molecule has 6 nitrogen and oxygen atoms in total. The van der Waals surface area contributed by atoms with Gasteiger partial charge in [-0.05, 0) is 24.5 Å². The van der Waals surface area contributed by atoms with Crippen LogP contribution in [-0.4, -0.2) is 45.4 Å². The van der Waals surface area contributed by atoms with E-state index in [9.17, 15) is 9.90 Å². The molecule has 1 N–H and O–H groups in total. The minimum Gasteiger partial charge on any atom is -0.468 e. The molecule has 23 heavy (non-hydrogen) atoms. The number of nitrogens with zero attached hydrogens (tertiary/aromatic N) is 3. The van der Waals surface area contributed by atoms with Crippen LogP contribution < -0.4 is 0 Å². The fourth-order valence-electron chi connectivity index (χ4n) is 3.56. The lowest BCUT2D eigenvalue weighted by Gasteiger charge is -2.16. The number of aliphatic hydroxyl groups excluding tert-OH is 1. The molecule has 2 atom stereocenters. The van der Waals surface area contributed by atoms with Gasteiger partial charge in [0.05, 0.1) is 18.0 Å². The Morgan fingerprint density at radius 3 is 2.91 bits per heavy atom. The monoisotopic (exact) mass is 315 g/mol. The minimum absolute atomic E-state index is 0.0190. The molecule has 0 radical (unpaired) electrons. The van der Waals surface area contributed by atoms with Gasteiger partial charge in [0.25, 0.3) is 5.91 Å². The van der Waals surface area contributed by atoms with Crippen molar-refractivity contribution in [3.05, 3.63) is 41.6 Å². The number of hydrogen-bond acceptors (Lipinski definition) is 4. The number of hydrogen-bond donors (Lipinski definition) is 1. The van der Waals surface area contributed by atoms with Gasteiger partial charge in [-0.3, -0.25) is 9.48 Å². The fraction of sp³-hybridized carbons (Fsp3) is 0.529. The summed E-state index contributed by atoms with van der Waals surface area (Å²) in [5, 5.41) is 13.9. The number of carbonyl (C=O) groups is 1. The highest BCUT2D eigenvalue weighted by molar-refractivity contribution is 5.95. The molecule has 2 fully saturated rings. The van der Waals surface area contributed by atoms with E-state index in [2.05, 4.69) is 5.10 Å². The first kappa shape index (κ1) is 14.5. The Balaban J connectivity index is 1.55. The molecule has 3 heterocycles. The largest absolute Gasteiger partial charge is 0.468 e. The summed E-state index contributed by atoms with van der Waals surface area (Å²) in [5.74, 6) is 1.45. The van der Waals surface area contributed by atoms with E-state index >= 15 is 0 Å². The van der Waals surface area contributed by atoms with E-state index in [1.807, 2.05) is 24.3 Å². The molecule has 1 aliphatic heterocycles. The molecule has 1 saturated carbocycles. The van der Waals surface area contributed by atoms with Crippen LogP contribution in [-0.2, 0) is 7.05 Å². The summed E-state index contributed by atoms with van der Waals surface area (Å²) in [6.07, 6.45) is 7.61. The predicted octanol–water partition coefficient (Wildman–Crippen LogP) is 1.74. The summed E-state index contributed by atoms with van der Waals surface area (Å²) in [6.45, 7) is 1.26. The number of likely N-dealkylation sites (tertiary alicyclic amines) is 1. The maximum Gasteiger partial charge on any atom is 0.257 e. The average molecular weight is 315 g/mol. The number of amides is 1. The fourth-order valence-corrected chi connectivity index (χ4v) is 3.56. The quantitative estimate of drug-likeness (QED) is 0.933. The molecule has 2 aromatic rings. The molecule has 1 aliphatic carbocycles. The van der Waals surface area contributed by atoms with Gasteiger partial charge in [0.2, 0.25) is 0 Å². The molecule has 122 valence electrons. The Kier molecular flexibility index (Phi) is 3.49. The van der Waals surface area contributed by atoms with Crippen LogP contribution >= 0.6 is 0 Å². The van der Waals surface area contributed by atoms with Gasteiger partial charge < -0.3 is 14.4 Å². The molecule has 6 heteroatoms. The molecule has 0 spiro atoms. The van der Waals surface area contributed by atoms with Crippen molar-refractivity contribution in [3.8, 4) is 0 Å². The summed E-state index contributed by atoms with van der Waals surface area (Å²) in [7, 11) is 1.88. The van der Waals surface area contributed by atoms with Crippen molar-refractivity contribution in [2.24, 2.45) is 13.0 Å². The molecule has 0 aromatic carbocycles. The highest BCUT2D eigenvalue weighted by Crippen LogP contribution is 2.43. The second kappa shape index (κ2) is 5.53. The van der Waals surface area contributed by atoms with E-state index in [1.54, 1.807) is 17.0 Å². The van der Waals surface area contributed by atoms with Gasteiger partial charge in [0.15, 0.2) is 0 Å². The molecule has 1 amide bonds. The summed E-state index contributed by atoms with van der Waals surface area (Å²) in [5.41, 5.74) is 1.77. The van der Waals surface area contributed by atoms with Crippen LogP contribution in [0.2, 0.25) is 0 Å². The van der Waals surface area contributed by atoms with Crippen LogP contribution in [0.4, 0.5) is 0 Å². The first-order chi connectivity index (χ1) is 11.2. The van der Waals surface area contributed by atoms with Crippen LogP contribution in [0.1, 0.15) is 46.4 Å². The van der Waals surface area contributed by atoms with Gasteiger partial charge in [0.1, 0.15) is 5.76 Å². The summed E-state index contributed by atoms with van der Waals surface area (Å²) in [6, 6.07) is 1.78. The Morgan fingerprint density at radius 1 is 1.43 bits per heavy atom. The third-order valence-corrected chi connectivity index (χ3v) is 4.99. The first-order valence-electron chi connectivity index (χ1n) is 8.13. The Morgan fingerprint density at radius 2 is 2.26 bits per heavy atom. The molecule has 0 unspecified atom stereocenters. The number of furan rings is 1. The third-order valence-electron chi connectivity index (χ3n) is 4.99. The van der Waals surface area contributed by atoms with Crippen LogP contribution in [0.3, 0.4) is 0 Å². The zero-order valence-corrected chi connectivity index (χ0v) is 13.2. The second-order valence-corrected chi connectivity index (χ2v) is 6.68. The van der Waals surface area contributed by atoms with Crippen LogP contribution in [0.25, 0.3) is 0 Å². The van der Waals surface area contributed by atoms with Crippen molar-refractivity contribution in [1.82, 2.24) is 14.7 Å². The number of rotatable bonds is 4. The molecule has 0 bridgehead atoms. The van der Waals surface area contributed by atoms with Crippen molar-refractivity contribution < 1.29 is 14.3 Å². The second-order valence-electron chi connectivity index (χ2n) is 6.68. The van der Waals surface area contributed by atoms with E-state index in [-0.39, 0.29) is 24.3 Å². The number of aromatic nitrogens is 2. The summed E-state index contributed by atoms with van der Waals surface area (Å²) < 4.78 is 7.29. The zero-order valence-electron chi connectivity index (χ0n) is 13.2. The van der Waals surface area contributed by atoms with Crippen LogP contribution in [0.5, 0.6) is 0 Å². The molecule has 4 rings (SSSR count). The van der Waals surface area contributed by atoms with Gasteiger partial charge >= 0.3 is 0 Å². The van der Waals surface area contributed by atoms with E-state index < -0.39 is 0 Å². The van der Waals surface area contributed by atoms with Gasteiger partial charge in [0, 0.05) is 50.7 Å². The van der Waals surface area contributed by atoms with Crippen molar-refractivity contribution in [1.29, 1.82) is 0 Å². The molecule has 1 saturated heterocycles. The number of aryl methyl sites for hydroxylation is 1. The predicted molar refractivity (Wildman–Crippen MR) is 83.1 cm³/mol. The lowest BCUT2D eigenvalue weighted by atomic mass is 9.92. The molecule has 2 aromatic heterocycles. The SMILES string of the molecule is Cn1cc([C@@H]2CN(C(=O)c3ccoc3C3CC3)C[C@H]2CO)cn1. The van der Waals surface area contributed by atoms with Gasteiger partial charge in [-0.15, -0.1) is 0 Å². The van der Waals surface area contributed by atoms with Crippen molar-refractivity contribution in [2.45, 2.75) is 24.7 Å². The molecular weight excluding hydrogens is 294 g/mol. The van der Waals surface area contributed by atoms with E-state index in [4.69, 9.17) is 4.42 Å². The smallest absolute Gasteiger partial charge is 0.257 e. The topological polar surface area (TPSA) is 71.5 Å². The Hall–Kier alpha value is -2.08. The van der Waals surface area contributed by atoms with Crippen molar-refractivity contribution >= 4 is 5.91 Å². The Bertz CT molecular complexity index is 716. The maximum atomic E-state index is 12.9. The van der Waals surface area contributed by atoms with E-state index in [0.29, 0.717) is 24.6 Å². The summed E-state index contributed by atoms with van der Waals surface area (Å²) in [4.78, 5) is 14.7. The molecular formula is C17H21N3O3. The lowest BCUT2D eigenvalue weighted by molar-refractivity contribution is 0.0779. The van der Waals surface area contributed by atoms with E-state index in [0.717, 1.165) is 24.2 Å². The first-order valence-corrected chi connectivity index (χ1v) is 8.13. The number of aliphatic hydroxyl groups is 1. The van der Waals surface area contributed by atoms with Gasteiger partial charge in [-0.1, -0.05) is 0 Å². The van der Waals surface area contributed by atoms with Gasteiger partial charge in [-0.25, -0.2) is 0 Å². The lowest BCUT2D eigenvalue weighted by Crippen LogP contribution is -2.29. The summed E-state index contributed by atoms with van der Waals surface area (Å²) >= 11 is 0. The average Bonchev–Trinajstić information content (AvgIpc) is 2.99. The normalized spacial score (nSPS) is 24.3. The van der Waals surface area contributed by atoms with Crippen LogP contribution in [0.15, 0.2) is 29.1 Å².